The highest BCUT2D eigenvalue weighted by atomic mass is 16.3. The van der Waals surface area contributed by atoms with Crippen LogP contribution in [-0.4, -0.2) is 28.6 Å². The molecule has 1 aromatic carbocycles. The normalized spacial score (nSPS) is 18.8. The van der Waals surface area contributed by atoms with Crippen LogP contribution in [0.15, 0.2) is 47.1 Å². The molecule has 144 valence electrons. The Bertz CT molecular complexity index is 1040. The molecule has 0 radical (unpaired) electrons. The van der Waals surface area contributed by atoms with E-state index in [-0.39, 0.29) is 18.6 Å². The van der Waals surface area contributed by atoms with Crippen molar-refractivity contribution in [2.75, 3.05) is 6.61 Å². The number of para-hydroxylation sites is 1. The number of nitrogens with one attached hydrogen (secondary N) is 1. The molecule has 0 spiro atoms. The maximum absolute atomic E-state index is 13.1. The molecule has 0 fully saturated rings. The molecule has 5 nitrogen and oxygen atoms in total. The maximum Gasteiger partial charge on any atom is 0.252 e. The van der Waals surface area contributed by atoms with Gasteiger partial charge in [0.2, 0.25) is 0 Å². The third-order valence-electron chi connectivity index (χ3n) is 5.16. The summed E-state index contributed by atoms with van der Waals surface area (Å²) in [5.74, 6) is 1.01. The Kier molecular flexibility index (Phi) is 5.01. The van der Waals surface area contributed by atoms with Crippen molar-refractivity contribution in [1.82, 2.24) is 10.3 Å². The van der Waals surface area contributed by atoms with Crippen LogP contribution in [0.25, 0.3) is 22.6 Å². The number of amides is 1. The molecular weight excluding hydrogens is 352 g/mol. The molecule has 5 heteroatoms. The van der Waals surface area contributed by atoms with Crippen LogP contribution in [0.1, 0.15) is 47.6 Å². The van der Waals surface area contributed by atoms with Crippen molar-refractivity contribution in [3.05, 3.63) is 65.2 Å². The van der Waals surface area contributed by atoms with Crippen LogP contribution in [-0.2, 0) is 6.42 Å². The van der Waals surface area contributed by atoms with E-state index in [0.29, 0.717) is 11.5 Å². The fraction of sp³-hybridized carbons (Fsp3) is 0.304. The lowest BCUT2D eigenvalue weighted by atomic mass is 9.80. The minimum Gasteiger partial charge on any atom is -0.465 e. The zero-order valence-electron chi connectivity index (χ0n) is 16.1. The number of aromatic nitrogens is 1. The van der Waals surface area contributed by atoms with E-state index < -0.39 is 0 Å². The molecule has 2 N–H and O–H groups in total. The van der Waals surface area contributed by atoms with E-state index >= 15 is 0 Å². The number of hydrogen-bond donors (Lipinski definition) is 2. The fourth-order valence-corrected chi connectivity index (χ4v) is 3.88. The Morgan fingerprint density at radius 2 is 2.14 bits per heavy atom. The van der Waals surface area contributed by atoms with Crippen molar-refractivity contribution in [2.45, 2.75) is 32.7 Å². The van der Waals surface area contributed by atoms with Crippen LogP contribution >= 0.6 is 0 Å². The van der Waals surface area contributed by atoms with Crippen molar-refractivity contribution in [3.8, 4) is 0 Å². The first-order valence-electron chi connectivity index (χ1n) is 9.64. The molecule has 0 saturated carbocycles. The van der Waals surface area contributed by atoms with E-state index in [9.17, 15) is 9.90 Å². The molecule has 28 heavy (non-hydrogen) atoms. The first-order valence-corrected chi connectivity index (χ1v) is 9.64. The average molecular weight is 376 g/mol. The van der Waals surface area contributed by atoms with E-state index in [1.807, 2.05) is 42.5 Å². The Morgan fingerprint density at radius 1 is 1.32 bits per heavy atom. The molecule has 2 unspecified atom stereocenters. The predicted octanol–water partition coefficient (Wildman–Crippen LogP) is 4.06. The molecular formula is C23H24N2O3. The molecule has 1 aliphatic carbocycles. The SMILES string of the molecule is CC1C/C(=C/c2ccco2)c2nc3ccccc3c(C(=O)NC(C)CO)c2C1. The van der Waals surface area contributed by atoms with Crippen molar-refractivity contribution >= 4 is 28.5 Å². The van der Waals surface area contributed by atoms with Gasteiger partial charge in [0.1, 0.15) is 5.76 Å². The van der Waals surface area contributed by atoms with Gasteiger partial charge in [-0.25, -0.2) is 4.98 Å². The van der Waals surface area contributed by atoms with Crippen molar-refractivity contribution in [1.29, 1.82) is 0 Å². The van der Waals surface area contributed by atoms with Crippen LogP contribution in [0.4, 0.5) is 0 Å². The predicted molar refractivity (Wildman–Crippen MR) is 110 cm³/mol. The van der Waals surface area contributed by atoms with E-state index in [2.05, 4.69) is 12.2 Å². The number of hydrogen-bond acceptors (Lipinski definition) is 4. The average Bonchev–Trinajstić information content (AvgIpc) is 3.19. The standard InChI is InChI=1S/C23H24N2O3/c1-14-10-16(12-17-6-5-9-28-17)22-19(11-14)21(23(27)24-15(2)13-26)18-7-3-4-8-20(18)25-22/h3-9,12,14-15,26H,10-11,13H2,1-2H3,(H,24,27)/b16-12-. The summed E-state index contributed by atoms with van der Waals surface area (Å²) >= 11 is 0. The molecule has 1 amide bonds. The minimum absolute atomic E-state index is 0.100. The number of carbonyl (C=O) groups is 1. The third kappa shape index (κ3) is 3.45. The molecule has 2 heterocycles. The van der Waals surface area contributed by atoms with Gasteiger partial charge in [0.05, 0.1) is 29.6 Å². The number of fused-ring (bicyclic) bond motifs is 2. The van der Waals surface area contributed by atoms with Crippen LogP contribution < -0.4 is 5.32 Å². The monoisotopic (exact) mass is 376 g/mol. The van der Waals surface area contributed by atoms with Gasteiger partial charge < -0.3 is 14.8 Å². The second kappa shape index (κ2) is 7.60. The number of allylic oxidation sites excluding steroid dienone is 1. The summed E-state index contributed by atoms with van der Waals surface area (Å²) in [6, 6.07) is 11.2. The summed E-state index contributed by atoms with van der Waals surface area (Å²) in [5, 5.41) is 13.1. The summed E-state index contributed by atoms with van der Waals surface area (Å²) in [4.78, 5) is 18.1. The first kappa shape index (κ1) is 18.4. The Labute approximate surface area is 164 Å². The van der Waals surface area contributed by atoms with Gasteiger partial charge in [-0.2, -0.15) is 0 Å². The van der Waals surface area contributed by atoms with E-state index in [1.165, 1.54) is 0 Å². The molecule has 4 rings (SSSR count). The first-order chi connectivity index (χ1) is 13.6. The lowest BCUT2D eigenvalue weighted by Crippen LogP contribution is -2.36. The van der Waals surface area contributed by atoms with Gasteiger partial charge in [-0.15, -0.1) is 0 Å². The summed E-state index contributed by atoms with van der Waals surface area (Å²) in [5.41, 5.74) is 4.38. The summed E-state index contributed by atoms with van der Waals surface area (Å²) in [7, 11) is 0. The minimum atomic E-state index is -0.311. The zero-order chi connectivity index (χ0) is 19.7. The van der Waals surface area contributed by atoms with Crippen molar-refractivity contribution < 1.29 is 14.3 Å². The third-order valence-corrected chi connectivity index (χ3v) is 5.16. The quantitative estimate of drug-likeness (QED) is 0.720. The van der Waals surface area contributed by atoms with Gasteiger partial charge >= 0.3 is 0 Å². The number of aliphatic hydroxyl groups excluding tert-OH is 1. The number of benzene rings is 1. The summed E-state index contributed by atoms with van der Waals surface area (Å²) in [6.45, 7) is 3.88. The fourth-order valence-electron chi connectivity index (χ4n) is 3.88. The number of carbonyl (C=O) groups excluding carboxylic acids is 1. The molecule has 1 aliphatic rings. The number of aliphatic hydroxyl groups is 1. The largest absolute Gasteiger partial charge is 0.465 e. The van der Waals surface area contributed by atoms with Gasteiger partial charge in [0.15, 0.2) is 0 Å². The van der Waals surface area contributed by atoms with Crippen LogP contribution in [0.2, 0.25) is 0 Å². The van der Waals surface area contributed by atoms with Gasteiger partial charge in [0.25, 0.3) is 5.91 Å². The highest BCUT2D eigenvalue weighted by Gasteiger charge is 2.28. The molecule has 2 atom stereocenters. The highest BCUT2D eigenvalue weighted by molar-refractivity contribution is 6.09. The lowest BCUT2D eigenvalue weighted by molar-refractivity contribution is 0.0922. The van der Waals surface area contributed by atoms with Crippen LogP contribution in [0, 0.1) is 5.92 Å². The highest BCUT2D eigenvalue weighted by Crippen LogP contribution is 2.38. The van der Waals surface area contributed by atoms with E-state index in [0.717, 1.165) is 46.3 Å². The van der Waals surface area contributed by atoms with E-state index in [4.69, 9.17) is 9.40 Å². The molecule has 2 aromatic heterocycles. The van der Waals surface area contributed by atoms with Crippen LogP contribution in [0.3, 0.4) is 0 Å². The lowest BCUT2D eigenvalue weighted by Gasteiger charge is -2.27. The zero-order valence-corrected chi connectivity index (χ0v) is 16.1. The van der Waals surface area contributed by atoms with Crippen LogP contribution in [0.5, 0.6) is 0 Å². The number of rotatable bonds is 4. The second-order valence-electron chi connectivity index (χ2n) is 7.59. The Balaban J connectivity index is 1.93. The van der Waals surface area contributed by atoms with Gasteiger partial charge in [0, 0.05) is 11.4 Å². The second-order valence-corrected chi connectivity index (χ2v) is 7.59. The molecule has 0 aliphatic heterocycles. The smallest absolute Gasteiger partial charge is 0.252 e. The van der Waals surface area contributed by atoms with Crippen molar-refractivity contribution in [3.63, 3.8) is 0 Å². The Hall–Kier alpha value is -2.92. The number of pyridine rings is 1. The molecule has 0 saturated heterocycles. The Morgan fingerprint density at radius 3 is 2.89 bits per heavy atom. The number of nitrogens with zero attached hydrogens (tertiary/aromatic N) is 1. The maximum atomic E-state index is 13.1. The van der Waals surface area contributed by atoms with Gasteiger partial charge in [-0.05, 0) is 61.1 Å². The number of furan rings is 1. The summed E-state index contributed by atoms with van der Waals surface area (Å²) in [6.07, 6.45) is 5.35. The van der Waals surface area contributed by atoms with E-state index in [1.54, 1.807) is 13.2 Å². The summed E-state index contributed by atoms with van der Waals surface area (Å²) < 4.78 is 5.51. The van der Waals surface area contributed by atoms with Gasteiger partial charge in [-0.1, -0.05) is 25.1 Å². The van der Waals surface area contributed by atoms with Gasteiger partial charge in [-0.3, -0.25) is 4.79 Å². The van der Waals surface area contributed by atoms with Crippen molar-refractivity contribution in [2.24, 2.45) is 5.92 Å². The topological polar surface area (TPSA) is 75.4 Å². The molecule has 0 bridgehead atoms. The molecule has 3 aromatic rings.